The molecule has 0 spiro atoms. The van der Waals surface area contributed by atoms with E-state index in [9.17, 15) is 4.79 Å². The van der Waals surface area contributed by atoms with E-state index >= 15 is 0 Å². The molecule has 5 heteroatoms. The number of aromatic nitrogens is 1. The van der Waals surface area contributed by atoms with E-state index < -0.39 is 0 Å². The molecule has 0 saturated heterocycles. The summed E-state index contributed by atoms with van der Waals surface area (Å²) in [6, 6.07) is 15.3. The summed E-state index contributed by atoms with van der Waals surface area (Å²) in [5, 5.41) is 0.797. The summed E-state index contributed by atoms with van der Waals surface area (Å²) in [7, 11) is 4.77. The van der Waals surface area contributed by atoms with Gasteiger partial charge in [0.15, 0.2) is 5.75 Å². The van der Waals surface area contributed by atoms with Crippen LogP contribution in [0, 0.1) is 0 Å². The van der Waals surface area contributed by atoms with Gasteiger partial charge >= 0.3 is 0 Å². The summed E-state index contributed by atoms with van der Waals surface area (Å²) < 4.78 is 18.1. The van der Waals surface area contributed by atoms with Gasteiger partial charge in [-0.15, -0.1) is 0 Å². The van der Waals surface area contributed by atoms with Gasteiger partial charge in [-0.25, -0.2) is 0 Å². The Labute approximate surface area is 140 Å². The second kappa shape index (κ2) is 6.66. The fraction of sp³-hybridized carbons (Fsp3) is 0.211. The number of hydrogen-bond donors (Lipinski definition) is 0. The van der Waals surface area contributed by atoms with Crippen LogP contribution >= 0.6 is 0 Å². The first-order valence-electron chi connectivity index (χ1n) is 7.57. The Morgan fingerprint density at radius 1 is 0.958 bits per heavy atom. The molecule has 0 aliphatic rings. The third-order valence-corrected chi connectivity index (χ3v) is 3.95. The topological polar surface area (TPSA) is 49.7 Å². The quantitative estimate of drug-likeness (QED) is 0.723. The molecule has 3 aromatic rings. The van der Waals surface area contributed by atoms with E-state index in [0.717, 1.165) is 16.5 Å². The van der Waals surface area contributed by atoms with Crippen LogP contribution in [0.1, 0.15) is 5.56 Å². The third-order valence-electron chi connectivity index (χ3n) is 3.95. The lowest BCUT2D eigenvalue weighted by molar-refractivity contribution is 0.285. The number of fused-ring (bicyclic) bond motifs is 1. The van der Waals surface area contributed by atoms with Crippen LogP contribution in [0.3, 0.4) is 0 Å². The van der Waals surface area contributed by atoms with Crippen molar-refractivity contribution in [3.05, 3.63) is 64.4 Å². The highest BCUT2D eigenvalue weighted by Crippen LogP contribution is 2.34. The zero-order chi connectivity index (χ0) is 17.1. The van der Waals surface area contributed by atoms with E-state index in [1.165, 1.54) is 11.7 Å². The van der Waals surface area contributed by atoms with E-state index in [0.29, 0.717) is 18.1 Å². The Hall–Kier alpha value is -2.95. The minimum atomic E-state index is -0.249. The van der Waals surface area contributed by atoms with Crippen LogP contribution in [0.25, 0.3) is 10.9 Å². The standard InChI is InChI=1S/C19H19NO4/c1-20-16-11-14(22-2)9-10-15(16)17(18(23-3)19(20)21)24-12-13-7-5-4-6-8-13/h4-11H,12H2,1-3H3. The van der Waals surface area contributed by atoms with Gasteiger partial charge in [-0.1, -0.05) is 30.3 Å². The first-order chi connectivity index (χ1) is 11.7. The molecule has 5 nitrogen and oxygen atoms in total. The van der Waals surface area contributed by atoms with Crippen LogP contribution in [0.2, 0.25) is 0 Å². The lowest BCUT2D eigenvalue weighted by atomic mass is 10.1. The molecule has 0 unspecified atom stereocenters. The molecule has 0 atom stereocenters. The van der Waals surface area contributed by atoms with Gasteiger partial charge in [-0.2, -0.15) is 0 Å². The number of rotatable bonds is 5. The number of pyridine rings is 1. The van der Waals surface area contributed by atoms with Crippen LogP contribution in [0.4, 0.5) is 0 Å². The Morgan fingerprint density at radius 2 is 1.71 bits per heavy atom. The number of nitrogens with zero attached hydrogens (tertiary/aromatic N) is 1. The number of aryl methyl sites for hydroxylation is 1. The van der Waals surface area contributed by atoms with E-state index in [1.807, 2.05) is 48.5 Å². The molecule has 0 N–H and O–H groups in total. The largest absolute Gasteiger partial charge is 0.497 e. The van der Waals surface area contributed by atoms with Crippen molar-refractivity contribution >= 4 is 10.9 Å². The molecule has 0 aliphatic heterocycles. The molecule has 24 heavy (non-hydrogen) atoms. The third kappa shape index (κ3) is 2.80. The smallest absolute Gasteiger partial charge is 0.297 e. The lowest BCUT2D eigenvalue weighted by Gasteiger charge is -2.16. The molecule has 0 radical (unpaired) electrons. The Balaban J connectivity index is 2.13. The Kier molecular flexibility index (Phi) is 4.42. The molecule has 0 saturated carbocycles. The van der Waals surface area contributed by atoms with Crippen molar-refractivity contribution in [2.24, 2.45) is 7.05 Å². The summed E-state index contributed by atoms with van der Waals surface area (Å²) in [6.07, 6.45) is 0. The molecule has 0 bridgehead atoms. The maximum Gasteiger partial charge on any atom is 0.297 e. The first kappa shape index (κ1) is 15.9. The normalized spacial score (nSPS) is 10.6. The average Bonchev–Trinajstić information content (AvgIpc) is 2.64. The van der Waals surface area contributed by atoms with Crippen LogP contribution in [-0.2, 0) is 13.7 Å². The van der Waals surface area contributed by atoms with Crippen LogP contribution in [-0.4, -0.2) is 18.8 Å². The minimum absolute atomic E-state index is 0.200. The summed E-state index contributed by atoms with van der Waals surface area (Å²) in [4.78, 5) is 12.6. The maximum atomic E-state index is 12.6. The molecule has 1 aromatic heterocycles. The average molecular weight is 325 g/mol. The van der Waals surface area contributed by atoms with Gasteiger partial charge in [0, 0.05) is 18.5 Å². The molecular weight excluding hydrogens is 306 g/mol. The summed E-state index contributed by atoms with van der Waals surface area (Å²) in [5.74, 6) is 1.32. The lowest BCUT2D eigenvalue weighted by Crippen LogP contribution is -2.20. The predicted octanol–water partition coefficient (Wildman–Crippen LogP) is 3.13. The second-order valence-corrected chi connectivity index (χ2v) is 5.38. The number of benzene rings is 2. The molecular formula is C19H19NO4. The Bertz CT molecular complexity index is 916. The molecule has 1 heterocycles. The fourth-order valence-corrected chi connectivity index (χ4v) is 2.64. The van der Waals surface area contributed by atoms with Crippen molar-refractivity contribution in [2.45, 2.75) is 6.61 Å². The predicted molar refractivity (Wildman–Crippen MR) is 93.1 cm³/mol. The van der Waals surface area contributed by atoms with Gasteiger partial charge in [0.05, 0.1) is 19.7 Å². The summed E-state index contributed by atoms with van der Waals surface area (Å²) in [5.41, 5.74) is 1.49. The highest BCUT2D eigenvalue weighted by molar-refractivity contribution is 5.89. The van der Waals surface area contributed by atoms with Gasteiger partial charge in [0.2, 0.25) is 5.75 Å². The highest BCUT2D eigenvalue weighted by Gasteiger charge is 2.18. The minimum Gasteiger partial charge on any atom is -0.497 e. The molecule has 0 amide bonds. The van der Waals surface area contributed by atoms with E-state index in [4.69, 9.17) is 14.2 Å². The van der Waals surface area contributed by atoms with Gasteiger partial charge in [-0.3, -0.25) is 4.79 Å². The summed E-state index contributed by atoms with van der Waals surface area (Å²) in [6.45, 7) is 0.353. The molecule has 3 rings (SSSR count). The fourth-order valence-electron chi connectivity index (χ4n) is 2.64. The van der Waals surface area contributed by atoms with Gasteiger partial charge < -0.3 is 18.8 Å². The van der Waals surface area contributed by atoms with Gasteiger partial charge in [0.1, 0.15) is 12.4 Å². The zero-order valence-electron chi connectivity index (χ0n) is 13.9. The first-order valence-corrected chi connectivity index (χ1v) is 7.57. The van der Waals surface area contributed by atoms with Crippen molar-refractivity contribution in [2.75, 3.05) is 14.2 Å². The van der Waals surface area contributed by atoms with Crippen molar-refractivity contribution in [1.29, 1.82) is 0 Å². The van der Waals surface area contributed by atoms with Crippen LogP contribution in [0.5, 0.6) is 17.2 Å². The van der Waals surface area contributed by atoms with Gasteiger partial charge in [-0.05, 0) is 17.7 Å². The molecule has 2 aromatic carbocycles. The monoisotopic (exact) mass is 325 g/mol. The molecule has 0 aliphatic carbocycles. The maximum absolute atomic E-state index is 12.6. The van der Waals surface area contributed by atoms with E-state index in [-0.39, 0.29) is 11.3 Å². The van der Waals surface area contributed by atoms with Gasteiger partial charge in [0.25, 0.3) is 5.56 Å². The Morgan fingerprint density at radius 3 is 2.38 bits per heavy atom. The number of hydrogen-bond acceptors (Lipinski definition) is 4. The van der Waals surface area contributed by atoms with Crippen molar-refractivity contribution in [3.63, 3.8) is 0 Å². The molecule has 124 valence electrons. The molecule has 0 fully saturated rings. The van der Waals surface area contributed by atoms with E-state index in [2.05, 4.69) is 0 Å². The van der Waals surface area contributed by atoms with E-state index in [1.54, 1.807) is 14.2 Å². The number of ether oxygens (including phenoxy) is 3. The second-order valence-electron chi connectivity index (χ2n) is 5.38. The van der Waals surface area contributed by atoms with Crippen LogP contribution in [0.15, 0.2) is 53.3 Å². The summed E-state index contributed by atoms with van der Waals surface area (Å²) >= 11 is 0. The van der Waals surface area contributed by atoms with Crippen molar-refractivity contribution in [1.82, 2.24) is 4.57 Å². The highest BCUT2D eigenvalue weighted by atomic mass is 16.5. The van der Waals surface area contributed by atoms with Crippen molar-refractivity contribution in [3.8, 4) is 17.2 Å². The van der Waals surface area contributed by atoms with Crippen molar-refractivity contribution < 1.29 is 14.2 Å². The number of methoxy groups -OCH3 is 2. The van der Waals surface area contributed by atoms with Crippen LogP contribution < -0.4 is 19.8 Å². The zero-order valence-corrected chi connectivity index (χ0v) is 13.9. The SMILES string of the molecule is COc1ccc2c(OCc3ccccc3)c(OC)c(=O)n(C)c2c1.